The van der Waals surface area contributed by atoms with Crippen molar-refractivity contribution in [2.45, 2.75) is 13.3 Å². The van der Waals surface area contributed by atoms with Crippen LogP contribution in [-0.2, 0) is 4.79 Å². The van der Waals surface area contributed by atoms with E-state index in [2.05, 4.69) is 10.6 Å². The molecule has 0 aliphatic heterocycles. The van der Waals surface area contributed by atoms with Gasteiger partial charge in [0.25, 0.3) is 0 Å². The van der Waals surface area contributed by atoms with E-state index in [0.717, 1.165) is 6.42 Å². The van der Waals surface area contributed by atoms with Crippen molar-refractivity contribution >= 4 is 5.91 Å². The summed E-state index contributed by atoms with van der Waals surface area (Å²) in [6, 6.07) is 5.89. The Kier molecular flexibility index (Phi) is 6.89. The highest BCUT2D eigenvalue weighted by molar-refractivity contribution is 5.78. The predicted molar refractivity (Wildman–Crippen MR) is 72.6 cm³/mol. The maximum Gasteiger partial charge on any atom is 0.224 e. The lowest BCUT2D eigenvalue weighted by Crippen LogP contribution is -2.35. The van der Waals surface area contributed by atoms with Crippen LogP contribution in [0.2, 0.25) is 0 Å². The van der Waals surface area contributed by atoms with Gasteiger partial charge in [0.2, 0.25) is 5.91 Å². The van der Waals surface area contributed by atoms with Crippen molar-refractivity contribution in [3.63, 3.8) is 0 Å². The normalized spacial score (nSPS) is 11.9. The molecule has 2 N–H and O–H groups in total. The van der Waals surface area contributed by atoms with Crippen molar-refractivity contribution in [1.82, 2.24) is 10.6 Å². The summed E-state index contributed by atoms with van der Waals surface area (Å²) in [5.41, 5.74) is 0. The Morgan fingerprint density at radius 3 is 2.68 bits per heavy atom. The molecule has 0 aliphatic carbocycles. The van der Waals surface area contributed by atoms with Gasteiger partial charge in [-0.25, -0.2) is 4.39 Å². The Bertz CT molecular complexity index is 382. The first-order chi connectivity index (χ1) is 9.13. The molecule has 4 nitrogen and oxygen atoms in total. The summed E-state index contributed by atoms with van der Waals surface area (Å²) < 4.78 is 18.1. The Balaban J connectivity index is 2.11. The van der Waals surface area contributed by atoms with E-state index in [1.54, 1.807) is 12.1 Å². The largest absolute Gasteiger partial charge is 0.494 e. The second kappa shape index (κ2) is 8.48. The molecule has 0 radical (unpaired) electrons. The van der Waals surface area contributed by atoms with E-state index in [1.807, 2.05) is 14.0 Å². The topological polar surface area (TPSA) is 50.4 Å². The van der Waals surface area contributed by atoms with Crippen LogP contribution in [0.5, 0.6) is 5.75 Å². The van der Waals surface area contributed by atoms with Gasteiger partial charge in [-0.1, -0.05) is 6.92 Å². The third kappa shape index (κ3) is 6.20. The summed E-state index contributed by atoms with van der Waals surface area (Å²) >= 11 is 0. The second-order valence-corrected chi connectivity index (χ2v) is 4.41. The van der Waals surface area contributed by atoms with Crippen LogP contribution in [0.25, 0.3) is 0 Å². The molecule has 0 aromatic heterocycles. The summed E-state index contributed by atoms with van der Waals surface area (Å²) in [6.45, 7) is 3.61. The molecule has 0 fully saturated rings. The van der Waals surface area contributed by atoms with Crippen LogP contribution in [0.1, 0.15) is 13.3 Å². The highest BCUT2D eigenvalue weighted by atomic mass is 19.1. The maximum absolute atomic E-state index is 12.6. The van der Waals surface area contributed by atoms with E-state index in [9.17, 15) is 9.18 Å². The zero-order valence-corrected chi connectivity index (χ0v) is 11.4. The number of ether oxygens (including phenoxy) is 1. The number of nitrogens with one attached hydrogen (secondary N) is 2. The van der Waals surface area contributed by atoms with Gasteiger partial charge in [-0.3, -0.25) is 4.79 Å². The monoisotopic (exact) mass is 268 g/mol. The van der Waals surface area contributed by atoms with Crippen LogP contribution in [-0.4, -0.2) is 32.7 Å². The van der Waals surface area contributed by atoms with Crippen molar-refractivity contribution in [1.29, 1.82) is 0 Å². The Morgan fingerprint density at radius 2 is 2.05 bits per heavy atom. The number of hydrogen-bond donors (Lipinski definition) is 2. The number of hydrogen-bond acceptors (Lipinski definition) is 3. The lowest BCUT2D eigenvalue weighted by Gasteiger charge is -2.11. The molecule has 19 heavy (non-hydrogen) atoms. The fraction of sp³-hybridized carbons (Fsp3) is 0.500. The van der Waals surface area contributed by atoms with E-state index >= 15 is 0 Å². The highest BCUT2D eigenvalue weighted by Crippen LogP contribution is 2.10. The number of benzene rings is 1. The molecule has 0 saturated heterocycles. The number of amides is 1. The van der Waals surface area contributed by atoms with Gasteiger partial charge in [-0.2, -0.15) is 0 Å². The minimum atomic E-state index is -0.280. The fourth-order valence-corrected chi connectivity index (χ4v) is 1.58. The van der Waals surface area contributed by atoms with Gasteiger partial charge in [-0.05, 0) is 37.7 Å². The molecule has 0 spiro atoms. The molecule has 5 heteroatoms. The van der Waals surface area contributed by atoms with E-state index in [4.69, 9.17) is 4.74 Å². The van der Waals surface area contributed by atoms with E-state index < -0.39 is 0 Å². The Morgan fingerprint density at radius 1 is 1.37 bits per heavy atom. The van der Waals surface area contributed by atoms with Crippen LogP contribution < -0.4 is 15.4 Å². The van der Waals surface area contributed by atoms with Gasteiger partial charge < -0.3 is 15.4 Å². The van der Waals surface area contributed by atoms with Gasteiger partial charge in [0.15, 0.2) is 0 Å². The quantitative estimate of drug-likeness (QED) is 0.704. The van der Waals surface area contributed by atoms with Crippen LogP contribution in [0.4, 0.5) is 4.39 Å². The van der Waals surface area contributed by atoms with Gasteiger partial charge in [0.05, 0.1) is 6.61 Å². The Hall–Kier alpha value is -1.62. The molecule has 1 unspecified atom stereocenters. The molecule has 1 amide bonds. The lowest BCUT2D eigenvalue weighted by atomic mass is 10.1. The van der Waals surface area contributed by atoms with Gasteiger partial charge in [0.1, 0.15) is 11.6 Å². The molecular formula is C14H21FN2O2. The zero-order chi connectivity index (χ0) is 14.1. The molecule has 0 bridgehead atoms. The molecule has 0 aliphatic rings. The minimum absolute atomic E-state index is 0.0381. The number of halogens is 1. The standard InChI is InChI=1S/C14H21FN2O2/c1-11(10-16-2)14(18)17-8-3-9-19-13-6-4-12(15)5-7-13/h4-7,11,16H,3,8-10H2,1-2H3,(H,17,18). The van der Waals surface area contributed by atoms with Crippen molar-refractivity contribution in [3.8, 4) is 5.75 Å². The number of rotatable bonds is 8. The average Bonchev–Trinajstić information content (AvgIpc) is 2.40. The van der Waals surface area contributed by atoms with E-state index in [0.29, 0.717) is 25.4 Å². The first kappa shape index (κ1) is 15.4. The van der Waals surface area contributed by atoms with Crippen molar-refractivity contribution < 1.29 is 13.9 Å². The Labute approximate surface area is 113 Å². The highest BCUT2D eigenvalue weighted by Gasteiger charge is 2.10. The molecule has 1 aromatic rings. The van der Waals surface area contributed by atoms with Crippen LogP contribution in [0.3, 0.4) is 0 Å². The van der Waals surface area contributed by atoms with E-state index in [-0.39, 0.29) is 17.6 Å². The SMILES string of the molecule is CNCC(C)C(=O)NCCCOc1ccc(F)cc1. The molecule has 1 rings (SSSR count). The van der Waals surface area contributed by atoms with Crippen molar-refractivity contribution in [3.05, 3.63) is 30.1 Å². The molecule has 0 saturated carbocycles. The zero-order valence-electron chi connectivity index (χ0n) is 11.4. The third-order valence-corrected chi connectivity index (χ3v) is 2.66. The summed E-state index contributed by atoms with van der Waals surface area (Å²) in [5.74, 6) is 0.355. The summed E-state index contributed by atoms with van der Waals surface area (Å²) in [4.78, 5) is 11.6. The molecule has 1 atom stereocenters. The summed E-state index contributed by atoms with van der Waals surface area (Å²) in [5, 5.41) is 5.80. The summed E-state index contributed by atoms with van der Waals surface area (Å²) in [7, 11) is 1.82. The number of carbonyl (C=O) groups excluding carboxylic acids is 1. The second-order valence-electron chi connectivity index (χ2n) is 4.41. The molecule has 1 aromatic carbocycles. The van der Waals surface area contributed by atoms with Gasteiger partial charge >= 0.3 is 0 Å². The first-order valence-corrected chi connectivity index (χ1v) is 6.44. The molecule has 106 valence electrons. The third-order valence-electron chi connectivity index (χ3n) is 2.66. The smallest absolute Gasteiger partial charge is 0.224 e. The van der Waals surface area contributed by atoms with Gasteiger partial charge in [-0.15, -0.1) is 0 Å². The lowest BCUT2D eigenvalue weighted by molar-refractivity contribution is -0.124. The number of carbonyl (C=O) groups is 1. The van der Waals surface area contributed by atoms with E-state index in [1.165, 1.54) is 12.1 Å². The van der Waals surface area contributed by atoms with Crippen LogP contribution in [0.15, 0.2) is 24.3 Å². The van der Waals surface area contributed by atoms with Crippen molar-refractivity contribution in [2.75, 3.05) is 26.7 Å². The molecular weight excluding hydrogens is 247 g/mol. The first-order valence-electron chi connectivity index (χ1n) is 6.44. The predicted octanol–water partition coefficient (Wildman–Crippen LogP) is 1.57. The van der Waals surface area contributed by atoms with Gasteiger partial charge in [0, 0.05) is 19.0 Å². The van der Waals surface area contributed by atoms with Crippen LogP contribution >= 0.6 is 0 Å². The molecule has 0 heterocycles. The van der Waals surface area contributed by atoms with Crippen molar-refractivity contribution in [2.24, 2.45) is 5.92 Å². The van der Waals surface area contributed by atoms with Crippen LogP contribution in [0, 0.1) is 11.7 Å². The maximum atomic E-state index is 12.6. The summed E-state index contributed by atoms with van der Waals surface area (Å²) in [6.07, 6.45) is 0.718. The fourth-order valence-electron chi connectivity index (χ4n) is 1.58. The minimum Gasteiger partial charge on any atom is -0.494 e. The average molecular weight is 268 g/mol.